The predicted molar refractivity (Wildman–Crippen MR) is 76.1 cm³/mol. The molecular formula is C12H15BrN2S. The van der Waals surface area contributed by atoms with Gasteiger partial charge in [-0.3, -0.25) is 0 Å². The first-order chi connectivity index (χ1) is 7.61. The molecule has 1 fully saturated rings. The van der Waals surface area contributed by atoms with E-state index in [1.165, 1.54) is 19.3 Å². The molecule has 0 heterocycles. The highest BCUT2D eigenvalue weighted by Gasteiger charge is 2.24. The largest absolute Gasteiger partial charge is 0.389 e. The second-order valence-corrected chi connectivity index (χ2v) is 5.49. The monoisotopic (exact) mass is 298 g/mol. The van der Waals surface area contributed by atoms with Gasteiger partial charge in [-0.25, -0.2) is 0 Å². The summed E-state index contributed by atoms with van der Waals surface area (Å²) >= 11 is 8.63. The number of hydrogen-bond acceptors (Lipinski definition) is 2. The lowest BCUT2D eigenvalue weighted by molar-refractivity contribution is 0.401. The molecule has 2 rings (SSSR count). The van der Waals surface area contributed by atoms with Crippen molar-refractivity contribution in [2.24, 2.45) is 5.73 Å². The van der Waals surface area contributed by atoms with Crippen LogP contribution in [0.25, 0.3) is 0 Å². The fraction of sp³-hybridized carbons (Fsp3) is 0.417. The minimum absolute atomic E-state index is 0.452. The van der Waals surface area contributed by atoms with E-state index in [0.29, 0.717) is 11.0 Å². The number of nitrogens with two attached hydrogens (primary N) is 1. The van der Waals surface area contributed by atoms with Crippen molar-refractivity contribution < 1.29 is 0 Å². The van der Waals surface area contributed by atoms with Crippen LogP contribution in [0.3, 0.4) is 0 Å². The van der Waals surface area contributed by atoms with Crippen LogP contribution in [-0.4, -0.2) is 18.1 Å². The Labute approximate surface area is 110 Å². The Bertz CT molecular complexity index is 415. The third-order valence-electron chi connectivity index (χ3n) is 3.24. The molecule has 0 radical (unpaired) electrons. The number of thiocarbonyl (C=S) groups is 1. The number of nitrogens with zero attached hydrogens (tertiary/aromatic N) is 1. The molecule has 2 N–H and O–H groups in total. The van der Waals surface area contributed by atoms with Crippen LogP contribution in [0.4, 0.5) is 5.69 Å². The van der Waals surface area contributed by atoms with E-state index in [4.69, 9.17) is 18.0 Å². The van der Waals surface area contributed by atoms with Gasteiger partial charge in [-0.1, -0.05) is 18.3 Å². The van der Waals surface area contributed by atoms with Crippen molar-refractivity contribution in [1.29, 1.82) is 0 Å². The molecule has 0 atom stereocenters. The Morgan fingerprint density at radius 1 is 1.50 bits per heavy atom. The maximum absolute atomic E-state index is 5.79. The Morgan fingerprint density at radius 2 is 2.19 bits per heavy atom. The highest BCUT2D eigenvalue weighted by atomic mass is 79.9. The smallest absolute Gasteiger partial charge is 0.107 e. The molecule has 1 aliphatic carbocycles. The third kappa shape index (κ3) is 2.09. The summed E-state index contributed by atoms with van der Waals surface area (Å²) in [6, 6.07) is 6.72. The molecule has 4 heteroatoms. The van der Waals surface area contributed by atoms with Gasteiger partial charge in [-0.2, -0.15) is 0 Å². The second-order valence-electron chi connectivity index (χ2n) is 4.19. The summed E-state index contributed by atoms with van der Waals surface area (Å²) in [5.41, 5.74) is 7.87. The maximum Gasteiger partial charge on any atom is 0.107 e. The molecule has 0 aromatic heterocycles. The first-order valence-corrected chi connectivity index (χ1v) is 6.62. The van der Waals surface area contributed by atoms with Crippen molar-refractivity contribution in [1.82, 2.24) is 0 Å². The number of benzene rings is 1. The molecular weight excluding hydrogens is 284 g/mol. The first-order valence-electron chi connectivity index (χ1n) is 5.42. The fourth-order valence-electron chi connectivity index (χ4n) is 2.02. The maximum atomic E-state index is 5.79. The van der Waals surface area contributed by atoms with E-state index in [0.717, 1.165) is 15.7 Å². The molecule has 2 nitrogen and oxygen atoms in total. The molecule has 0 bridgehead atoms. The molecule has 0 spiro atoms. The first kappa shape index (κ1) is 11.9. The van der Waals surface area contributed by atoms with E-state index in [1.807, 2.05) is 12.1 Å². The third-order valence-corrected chi connectivity index (χ3v) is 4.11. The SMILES string of the molecule is CN(c1cccc(Br)c1C(N)=S)C1CCC1. The van der Waals surface area contributed by atoms with Gasteiger partial charge in [0.25, 0.3) is 0 Å². The predicted octanol–water partition coefficient (Wildman–Crippen LogP) is 3.07. The van der Waals surface area contributed by atoms with E-state index in [-0.39, 0.29) is 0 Å². The summed E-state index contributed by atoms with van der Waals surface area (Å²) < 4.78 is 0.976. The molecule has 1 aliphatic rings. The van der Waals surface area contributed by atoms with Crippen molar-refractivity contribution in [3.8, 4) is 0 Å². The van der Waals surface area contributed by atoms with Gasteiger partial charge in [0.2, 0.25) is 0 Å². The lowest BCUT2D eigenvalue weighted by atomic mass is 9.91. The average molecular weight is 299 g/mol. The van der Waals surface area contributed by atoms with E-state index >= 15 is 0 Å². The Balaban J connectivity index is 2.38. The molecule has 1 saturated carbocycles. The molecule has 0 amide bonds. The lowest BCUT2D eigenvalue weighted by Gasteiger charge is -2.37. The second kappa shape index (κ2) is 4.72. The Kier molecular flexibility index (Phi) is 3.50. The number of halogens is 1. The summed E-state index contributed by atoms with van der Waals surface area (Å²) in [4.78, 5) is 2.75. The number of hydrogen-bond donors (Lipinski definition) is 1. The minimum atomic E-state index is 0.452. The highest BCUT2D eigenvalue weighted by molar-refractivity contribution is 9.10. The zero-order valence-electron chi connectivity index (χ0n) is 9.24. The zero-order chi connectivity index (χ0) is 11.7. The summed E-state index contributed by atoms with van der Waals surface area (Å²) in [6.07, 6.45) is 3.85. The molecule has 0 saturated heterocycles. The van der Waals surface area contributed by atoms with Gasteiger partial charge in [0.05, 0.1) is 0 Å². The molecule has 16 heavy (non-hydrogen) atoms. The molecule has 1 aromatic rings. The van der Waals surface area contributed by atoms with Crippen LogP contribution in [0.15, 0.2) is 22.7 Å². The number of anilines is 1. The van der Waals surface area contributed by atoms with Crippen molar-refractivity contribution in [2.75, 3.05) is 11.9 Å². The van der Waals surface area contributed by atoms with Gasteiger partial charge in [0.1, 0.15) is 4.99 Å². The number of rotatable bonds is 3. The lowest BCUT2D eigenvalue weighted by Crippen LogP contribution is -2.38. The minimum Gasteiger partial charge on any atom is -0.389 e. The molecule has 1 aromatic carbocycles. The van der Waals surface area contributed by atoms with Gasteiger partial charge in [0.15, 0.2) is 0 Å². The Hall–Kier alpha value is -0.610. The highest BCUT2D eigenvalue weighted by Crippen LogP contribution is 2.33. The van der Waals surface area contributed by atoms with Crippen molar-refractivity contribution >= 4 is 38.8 Å². The molecule has 0 unspecified atom stereocenters. The van der Waals surface area contributed by atoms with Crippen LogP contribution in [0.5, 0.6) is 0 Å². The summed E-state index contributed by atoms with van der Waals surface area (Å²) in [5.74, 6) is 0. The van der Waals surface area contributed by atoms with Crippen LogP contribution >= 0.6 is 28.1 Å². The Morgan fingerprint density at radius 3 is 2.69 bits per heavy atom. The molecule has 86 valence electrons. The average Bonchev–Trinajstić information content (AvgIpc) is 2.13. The van der Waals surface area contributed by atoms with Crippen LogP contribution in [0, 0.1) is 0 Å². The van der Waals surface area contributed by atoms with Gasteiger partial charge >= 0.3 is 0 Å². The topological polar surface area (TPSA) is 29.3 Å². The van der Waals surface area contributed by atoms with Gasteiger partial charge < -0.3 is 10.6 Å². The van der Waals surface area contributed by atoms with E-state index in [1.54, 1.807) is 0 Å². The van der Waals surface area contributed by atoms with Crippen LogP contribution in [0.2, 0.25) is 0 Å². The van der Waals surface area contributed by atoms with Crippen LogP contribution < -0.4 is 10.6 Å². The normalized spacial score (nSPS) is 15.6. The summed E-state index contributed by atoms with van der Waals surface area (Å²) in [7, 11) is 2.12. The van der Waals surface area contributed by atoms with Crippen LogP contribution in [-0.2, 0) is 0 Å². The van der Waals surface area contributed by atoms with E-state index < -0.39 is 0 Å². The van der Waals surface area contributed by atoms with Gasteiger partial charge in [0, 0.05) is 28.8 Å². The van der Waals surface area contributed by atoms with E-state index in [2.05, 4.69) is 33.9 Å². The molecule has 0 aliphatic heterocycles. The quantitative estimate of drug-likeness (QED) is 0.870. The van der Waals surface area contributed by atoms with Gasteiger partial charge in [-0.05, 0) is 47.3 Å². The zero-order valence-corrected chi connectivity index (χ0v) is 11.6. The van der Waals surface area contributed by atoms with Crippen molar-refractivity contribution in [3.05, 3.63) is 28.2 Å². The van der Waals surface area contributed by atoms with E-state index in [9.17, 15) is 0 Å². The van der Waals surface area contributed by atoms with Crippen LogP contribution in [0.1, 0.15) is 24.8 Å². The standard InChI is InChI=1S/C12H15BrN2S/c1-15(8-4-2-5-8)10-7-3-6-9(13)11(10)12(14)16/h3,6-8H,2,4-5H2,1H3,(H2,14,16). The fourth-order valence-corrected chi connectivity index (χ4v) is 2.94. The van der Waals surface area contributed by atoms with Crippen molar-refractivity contribution in [2.45, 2.75) is 25.3 Å². The van der Waals surface area contributed by atoms with Crippen molar-refractivity contribution in [3.63, 3.8) is 0 Å². The summed E-state index contributed by atoms with van der Waals surface area (Å²) in [6.45, 7) is 0. The van der Waals surface area contributed by atoms with Gasteiger partial charge in [-0.15, -0.1) is 0 Å². The summed E-state index contributed by atoms with van der Waals surface area (Å²) in [5, 5.41) is 0.